The number of thiophene rings is 1. The van der Waals surface area contributed by atoms with Gasteiger partial charge in [-0.25, -0.2) is 0 Å². The number of thioether (sulfide) groups is 1. The Morgan fingerprint density at radius 2 is 1.65 bits per heavy atom. The molecule has 2 aromatic carbocycles. The summed E-state index contributed by atoms with van der Waals surface area (Å²) in [6.45, 7) is 0.579. The maximum Gasteiger partial charge on any atom is 0.238 e. The van der Waals surface area contributed by atoms with Gasteiger partial charge < -0.3 is 5.32 Å². The lowest BCUT2D eigenvalue weighted by Gasteiger charge is -2.17. The van der Waals surface area contributed by atoms with E-state index in [1.54, 1.807) is 23.1 Å². The summed E-state index contributed by atoms with van der Waals surface area (Å²) in [7, 11) is 0. The van der Waals surface area contributed by atoms with Crippen molar-refractivity contribution in [2.75, 3.05) is 0 Å². The van der Waals surface area contributed by atoms with E-state index in [4.69, 9.17) is 0 Å². The van der Waals surface area contributed by atoms with E-state index in [9.17, 15) is 4.79 Å². The van der Waals surface area contributed by atoms with Crippen LogP contribution in [0.25, 0.3) is 0 Å². The van der Waals surface area contributed by atoms with Crippen molar-refractivity contribution in [3.63, 3.8) is 0 Å². The molecule has 1 aromatic heterocycles. The number of carbonyl (C=O) groups excluding carboxylic acids is 1. The Labute approximate surface area is 144 Å². The molecule has 1 heterocycles. The van der Waals surface area contributed by atoms with Gasteiger partial charge in [0.2, 0.25) is 5.91 Å². The first-order valence-corrected chi connectivity index (χ1v) is 9.15. The average molecular weight is 339 g/mol. The largest absolute Gasteiger partial charge is 0.350 e. The van der Waals surface area contributed by atoms with Crippen LogP contribution in [-0.4, -0.2) is 5.91 Å². The molecule has 1 N–H and O–H groups in total. The van der Waals surface area contributed by atoms with Gasteiger partial charge in [0.05, 0.1) is 6.54 Å². The third-order valence-corrected chi connectivity index (χ3v) is 5.50. The van der Waals surface area contributed by atoms with Crippen molar-refractivity contribution < 1.29 is 4.79 Å². The zero-order valence-electron chi connectivity index (χ0n) is 12.5. The SMILES string of the molecule is O=C(NCc1cccs1)[C@H](Sc1ccccc1)c1ccccc1. The van der Waals surface area contributed by atoms with Gasteiger partial charge in [0.25, 0.3) is 0 Å². The highest BCUT2D eigenvalue weighted by Crippen LogP contribution is 2.35. The zero-order valence-corrected chi connectivity index (χ0v) is 14.1. The number of nitrogens with one attached hydrogen (secondary N) is 1. The van der Waals surface area contributed by atoms with Gasteiger partial charge >= 0.3 is 0 Å². The standard InChI is InChI=1S/C19H17NOS2/c21-19(20-14-17-12-7-13-22-17)18(15-8-3-1-4-9-15)23-16-10-5-2-6-11-16/h1-13,18H,14H2,(H,20,21)/t18-/m1/s1. The molecule has 0 fully saturated rings. The number of rotatable bonds is 6. The Balaban J connectivity index is 1.75. The Morgan fingerprint density at radius 3 is 2.30 bits per heavy atom. The molecule has 3 aromatic rings. The lowest BCUT2D eigenvalue weighted by atomic mass is 10.1. The smallest absolute Gasteiger partial charge is 0.238 e. The first-order valence-electron chi connectivity index (χ1n) is 7.39. The van der Waals surface area contributed by atoms with Crippen LogP contribution in [0.15, 0.2) is 83.1 Å². The molecular formula is C19H17NOS2. The molecule has 0 saturated carbocycles. The highest BCUT2D eigenvalue weighted by Gasteiger charge is 2.21. The number of amides is 1. The molecule has 3 rings (SSSR count). The van der Waals surface area contributed by atoms with Gasteiger partial charge in [-0.15, -0.1) is 23.1 Å². The number of benzene rings is 2. The highest BCUT2D eigenvalue weighted by molar-refractivity contribution is 8.00. The number of hydrogen-bond donors (Lipinski definition) is 1. The van der Waals surface area contributed by atoms with Crippen molar-refractivity contribution in [3.05, 3.63) is 88.6 Å². The predicted molar refractivity (Wildman–Crippen MR) is 97.6 cm³/mol. The molecule has 0 unspecified atom stereocenters. The molecule has 0 bridgehead atoms. The van der Waals surface area contributed by atoms with Gasteiger partial charge in [-0.05, 0) is 29.1 Å². The minimum Gasteiger partial charge on any atom is -0.350 e. The Hall–Kier alpha value is -2.04. The topological polar surface area (TPSA) is 29.1 Å². The quantitative estimate of drug-likeness (QED) is 0.647. The molecule has 1 atom stereocenters. The molecule has 116 valence electrons. The fraction of sp³-hybridized carbons (Fsp3) is 0.105. The van der Waals surface area contributed by atoms with Crippen molar-refractivity contribution >= 4 is 29.0 Å². The number of hydrogen-bond acceptors (Lipinski definition) is 3. The Morgan fingerprint density at radius 1 is 0.957 bits per heavy atom. The first-order chi connectivity index (χ1) is 11.3. The fourth-order valence-electron chi connectivity index (χ4n) is 2.22. The van der Waals surface area contributed by atoms with Crippen LogP contribution < -0.4 is 5.32 Å². The molecule has 4 heteroatoms. The van der Waals surface area contributed by atoms with Crippen LogP contribution in [0.4, 0.5) is 0 Å². The first kappa shape index (κ1) is 15.8. The summed E-state index contributed by atoms with van der Waals surface area (Å²) in [5, 5.41) is 4.83. The zero-order chi connectivity index (χ0) is 15.9. The second-order valence-electron chi connectivity index (χ2n) is 5.02. The van der Waals surface area contributed by atoms with Crippen LogP contribution in [0.1, 0.15) is 15.7 Å². The lowest BCUT2D eigenvalue weighted by Crippen LogP contribution is -2.27. The van der Waals surface area contributed by atoms with E-state index in [1.807, 2.05) is 78.2 Å². The summed E-state index contributed by atoms with van der Waals surface area (Å²) in [5.74, 6) is 0.0402. The minimum atomic E-state index is -0.251. The lowest BCUT2D eigenvalue weighted by molar-refractivity contribution is -0.120. The summed E-state index contributed by atoms with van der Waals surface area (Å²) in [6, 6.07) is 24.0. The Kier molecular flexibility index (Phi) is 5.51. The van der Waals surface area contributed by atoms with Crippen molar-refractivity contribution in [1.29, 1.82) is 0 Å². The van der Waals surface area contributed by atoms with Crippen LogP contribution in [0.2, 0.25) is 0 Å². The van der Waals surface area contributed by atoms with Crippen molar-refractivity contribution in [2.45, 2.75) is 16.7 Å². The fourth-order valence-corrected chi connectivity index (χ4v) is 3.93. The molecule has 23 heavy (non-hydrogen) atoms. The molecule has 0 aliphatic rings. The summed E-state index contributed by atoms with van der Waals surface area (Å²) in [6.07, 6.45) is 0. The molecular weight excluding hydrogens is 322 g/mol. The van der Waals surface area contributed by atoms with E-state index in [0.717, 1.165) is 15.3 Å². The summed E-state index contributed by atoms with van der Waals surface area (Å²) in [5.41, 5.74) is 1.02. The highest BCUT2D eigenvalue weighted by atomic mass is 32.2. The van der Waals surface area contributed by atoms with Crippen LogP contribution in [0.5, 0.6) is 0 Å². The van der Waals surface area contributed by atoms with Gasteiger partial charge in [0.1, 0.15) is 5.25 Å². The third kappa shape index (κ3) is 4.47. The van der Waals surface area contributed by atoms with E-state index in [2.05, 4.69) is 5.32 Å². The van der Waals surface area contributed by atoms with Crippen LogP contribution in [-0.2, 0) is 11.3 Å². The third-order valence-electron chi connectivity index (χ3n) is 3.35. The van der Waals surface area contributed by atoms with E-state index in [1.165, 1.54) is 0 Å². The molecule has 0 aliphatic heterocycles. The maximum atomic E-state index is 12.7. The van der Waals surface area contributed by atoms with Gasteiger partial charge in [-0.3, -0.25) is 4.79 Å². The van der Waals surface area contributed by atoms with Crippen LogP contribution in [0, 0.1) is 0 Å². The van der Waals surface area contributed by atoms with Crippen molar-refractivity contribution in [3.8, 4) is 0 Å². The Bertz CT molecular complexity index is 727. The van der Waals surface area contributed by atoms with E-state index in [-0.39, 0.29) is 11.2 Å². The number of carbonyl (C=O) groups is 1. The summed E-state index contributed by atoms with van der Waals surface area (Å²) < 4.78 is 0. The van der Waals surface area contributed by atoms with Gasteiger partial charge in [0.15, 0.2) is 0 Å². The second-order valence-corrected chi connectivity index (χ2v) is 7.23. The van der Waals surface area contributed by atoms with E-state index in [0.29, 0.717) is 6.54 Å². The molecule has 0 saturated heterocycles. The molecule has 2 nitrogen and oxygen atoms in total. The molecule has 0 radical (unpaired) electrons. The van der Waals surface area contributed by atoms with Gasteiger partial charge in [-0.1, -0.05) is 54.6 Å². The second kappa shape index (κ2) is 7.99. The predicted octanol–water partition coefficient (Wildman–Crippen LogP) is 4.90. The summed E-state index contributed by atoms with van der Waals surface area (Å²) in [4.78, 5) is 15.0. The maximum absolute atomic E-state index is 12.7. The van der Waals surface area contributed by atoms with Crippen molar-refractivity contribution in [1.82, 2.24) is 5.32 Å². The van der Waals surface area contributed by atoms with Gasteiger partial charge in [0, 0.05) is 9.77 Å². The molecule has 0 spiro atoms. The van der Waals surface area contributed by atoms with E-state index < -0.39 is 0 Å². The van der Waals surface area contributed by atoms with Crippen LogP contribution >= 0.6 is 23.1 Å². The monoisotopic (exact) mass is 339 g/mol. The van der Waals surface area contributed by atoms with Crippen LogP contribution in [0.3, 0.4) is 0 Å². The average Bonchev–Trinajstić information content (AvgIpc) is 3.13. The minimum absolute atomic E-state index is 0.0402. The van der Waals surface area contributed by atoms with Crippen molar-refractivity contribution in [2.24, 2.45) is 0 Å². The molecule has 1 amide bonds. The van der Waals surface area contributed by atoms with E-state index >= 15 is 0 Å². The summed E-state index contributed by atoms with van der Waals surface area (Å²) >= 11 is 3.23. The molecule has 0 aliphatic carbocycles. The normalized spacial score (nSPS) is 11.8. The van der Waals surface area contributed by atoms with Gasteiger partial charge in [-0.2, -0.15) is 0 Å².